The highest BCUT2D eigenvalue weighted by molar-refractivity contribution is 5.42. The number of rotatable bonds is 8. The Labute approximate surface area is 110 Å². The molecule has 1 rings (SSSR count). The number of aryl methyl sites for hydroxylation is 1. The molecule has 0 aliphatic heterocycles. The largest absolute Gasteiger partial charge is 0.380 e. The van der Waals surface area contributed by atoms with Crippen molar-refractivity contribution in [1.29, 1.82) is 0 Å². The first-order valence-corrected chi connectivity index (χ1v) is 6.77. The molecular formula is C14H25N3O. The number of aromatic nitrogens is 1. The zero-order chi connectivity index (χ0) is 13.4. The maximum absolute atomic E-state index is 5.73. The van der Waals surface area contributed by atoms with Crippen molar-refractivity contribution >= 4 is 5.82 Å². The van der Waals surface area contributed by atoms with E-state index in [9.17, 15) is 0 Å². The molecule has 0 aliphatic carbocycles. The average molecular weight is 251 g/mol. The third-order valence-corrected chi connectivity index (χ3v) is 2.94. The molecule has 0 saturated carbocycles. The number of anilines is 1. The maximum Gasteiger partial charge on any atom is 0.129 e. The van der Waals surface area contributed by atoms with Gasteiger partial charge in [-0.2, -0.15) is 0 Å². The molecule has 1 aromatic rings. The highest BCUT2D eigenvalue weighted by Gasteiger charge is 2.08. The van der Waals surface area contributed by atoms with Crippen molar-refractivity contribution in [2.75, 3.05) is 31.2 Å². The van der Waals surface area contributed by atoms with Crippen molar-refractivity contribution in [3.8, 4) is 0 Å². The molecule has 1 heterocycles. The summed E-state index contributed by atoms with van der Waals surface area (Å²) in [5, 5.41) is 0. The molecule has 0 amide bonds. The number of nitrogens with zero attached hydrogens (tertiary/aromatic N) is 2. The molecule has 0 spiro atoms. The Morgan fingerprint density at radius 1 is 1.28 bits per heavy atom. The molecule has 0 atom stereocenters. The van der Waals surface area contributed by atoms with Gasteiger partial charge in [-0.1, -0.05) is 6.92 Å². The van der Waals surface area contributed by atoms with Crippen LogP contribution in [0.4, 0.5) is 5.82 Å². The van der Waals surface area contributed by atoms with Crippen LogP contribution >= 0.6 is 0 Å². The van der Waals surface area contributed by atoms with E-state index in [0.29, 0.717) is 6.54 Å². The number of likely N-dealkylation sites (N-methyl/N-ethyl adjacent to an activating group) is 1. The fourth-order valence-corrected chi connectivity index (χ4v) is 1.85. The molecule has 4 heteroatoms. The van der Waals surface area contributed by atoms with Gasteiger partial charge in [-0.15, -0.1) is 0 Å². The highest BCUT2D eigenvalue weighted by Crippen LogP contribution is 2.15. The fourth-order valence-electron chi connectivity index (χ4n) is 1.85. The molecule has 2 N–H and O–H groups in total. The molecule has 0 bridgehead atoms. The smallest absolute Gasteiger partial charge is 0.129 e. The fraction of sp³-hybridized carbons (Fsp3) is 0.643. The van der Waals surface area contributed by atoms with Gasteiger partial charge in [0.1, 0.15) is 5.82 Å². The molecule has 0 fully saturated rings. The lowest BCUT2D eigenvalue weighted by Crippen LogP contribution is -2.28. The summed E-state index contributed by atoms with van der Waals surface area (Å²) in [6.07, 6.45) is 0.934. The molecular weight excluding hydrogens is 226 g/mol. The standard InChI is InChI=1S/C14H25N3O/c1-4-13-9-12(11-15)10-14(16-13)17(5-2)7-8-18-6-3/h9-10H,4-8,11,15H2,1-3H3. The van der Waals surface area contributed by atoms with Gasteiger partial charge in [0.15, 0.2) is 0 Å². The minimum atomic E-state index is 0.561. The predicted molar refractivity (Wildman–Crippen MR) is 75.9 cm³/mol. The van der Waals surface area contributed by atoms with Crippen LogP contribution < -0.4 is 10.6 Å². The number of hydrogen-bond donors (Lipinski definition) is 1. The SMILES string of the molecule is CCOCCN(CC)c1cc(CN)cc(CC)n1. The quantitative estimate of drug-likeness (QED) is 0.718. The van der Waals surface area contributed by atoms with E-state index in [-0.39, 0.29) is 0 Å². The monoisotopic (exact) mass is 251 g/mol. The van der Waals surface area contributed by atoms with E-state index in [1.165, 1.54) is 0 Å². The van der Waals surface area contributed by atoms with Gasteiger partial charge in [0.25, 0.3) is 0 Å². The normalized spacial score (nSPS) is 10.7. The Bertz CT molecular complexity index is 333. The minimum Gasteiger partial charge on any atom is -0.380 e. The summed E-state index contributed by atoms with van der Waals surface area (Å²) in [6, 6.07) is 4.16. The molecule has 1 aromatic heterocycles. The van der Waals surface area contributed by atoms with E-state index in [1.807, 2.05) is 6.92 Å². The van der Waals surface area contributed by atoms with E-state index in [0.717, 1.165) is 49.8 Å². The number of nitrogens with two attached hydrogens (primary N) is 1. The second kappa shape index (κ2) is 8.06. The summed E-state index contributed by atoms with van der Waals surface area (Å²) >= 11 is 0. The second-order valence-electron chi connectivity index (χ2n) is 4.16. The predicted octanol–water partition coefficient (Wildman–Crippen LogP) is 1.97. The Kier molecular flexibility index (Phi) is 6.68. The first kappa shape index (κ1) is 14.9. The lowest BCUT2D eigenvalue weighted by Gasteiger charge is -2.23. The molecule has 0 aromatic carbocycles. The lowest BCUT2D eigenvalue weighted by atomic mass is 10.2. The van der Waals surface area contributed by atoms with Crippen LogP contribution in [0.1, 0.15) is 32.0 Å². The maximum atomic E-state index is 5.73. The van der Waals surface area contributed by atoms with Crippen LogP contribution in [0.3, 0.4) is 0 Å². The molecule has 4 nitrogen and oxygen atoms in total. The van der Waals surface area contributed by atoms with Crippen LogP contribution in [0, 0.1) is 0 Å². The van der Waals surface area contributed by atoms with E-state index in [4.69, 9.17) is 10.5 Å². The zero-order valence-corrected chi connectivity index (χ0v) is 11.8. The average Bonchev–Trinajstić information content (AvgIpc) is 2.43. The Hall–Kier alpha value is -1.13. The van der Waals surface area contributed by atoms with Crippen LogP contribution in [0.25, 0.3) is 0 Å². The lowest BCUT2D eigenvalue weighted by molar-refractivity contribution is 0.154. The van der Waals surface area contributed by atoms with Crippen LogP contribution in [0.15, 0.2) is 12.1 Å². The van der Waals surface area contributed by atoms with Crippen LogP contribution in [0.2, 0.25) is 0 Å². The zero-order valence-electron chi connectivity index (χ0n) is 11.8. The van der Waals surface area contributed by atoms with Gasteiger partial charge in [0, 0.05) is 31.9 Å². The first-order chi connectivity index (χ1) is 8.74. The number of hydrogen-bond acceptors (Lipinski definition) is 4. The molecule has 0 radical (unpaired) electrons. The van der Waals surface area contributed by atoms with Crippen LogP contribution in [-0.2, 0) is 17.7 Å². The molecule has 102 valence electrons. The van der Waals surface area contributed by atoms with Crippen molar-refractivity contribution in [1.82, 2.24) is 4.98 Å². The van der Waals surface area contributed by atoms with Gasteiger partial charge in [0.05, 0.1) is 6.61 Å². The molecule has 0 saturated heterocycles. The minimum absolute atomic E-state index is 0.561. The number of pyridine rings is 1. The van der Waals surface area contributed by atoms with Gasteiger partial charge in [-0.25, -0.2) is 4.98 Å². The summed E-state index contributed by atoms with van der Waals surface area (Å²) in [5.74, 6) is 1.01. The van der Waals surface area contributed by atoms with E-state index < -0.39 is 0 Å². The van der Waals surface area contributed by atoms with Crippen molar-refractivity contribution < 1.29 is 4.74 Å². The second-order valence-corrected chi connectivity index (χ2v) is 4.16. The highest BCUT2D eigenvalue weighted by atomic mass is 16.5. The van der Waals surface area contributed by atoms with E-state index >= 15 is 0 Å². The van der Waals surface area contributed by atoms with Gasteiger partial charge < -0.3 is 15.4 Å². The van der Waals surface area contributed by atoms with Gasteiger partial charge in [0.2, 0.25) is 0 Å². The van der Waals surface area contributed by atoms with E-state index in [2.05, 4.69) is 35.9 Å². The third kappa shape index (κ3) is 4.27. The summed E-state index contributed by atoms with van der Waals surface area (Å²) in [5.41, 5.74) is 7.98. The molecule has 0 unspecified atom stereocenters. The van der Waals surface area contributed by atoms with Crippen LogP contribution in [-0.4, -0.2) is 31.3 Å². The molecule has 0 aliphatic rings. The van der Waals surface area contributed by atoms with Crippen molar-refractivity contribution in [2.45, 2.75) is 33.7 Å². The third-order valence-electron chi connectivity index (χ3n) is 2.94. The van der Waals surface area contributed by atoms with Gasteiger partial charge >= 0.3 is 0 Å². The first-order valence-electron chi connectivity index (χ1n) is 6.77. The van der Waals surface area contributed by atoms with Crippen molar-refractivity contribution in [3.05, 3.63) is 23.4 Å². The summed E-state index contributed by atoms with van der Waals surface area (Å²) in [7, 11) is 0. The summed E-state index contributed by atoms with van der Waals surface area (Å²) in [4.78, 5) is 6.89. The van der Waals surface area contributed by atoms with Crippen molar-refractivity contribution in [3.63, 3.8) is 0 Å². The van der Waals surface area contributed by atoms with Gasteiger partial charge in [-0.05, 0) is 38.0 Å². The Balaban J connectivity index is 2.83. The Morgan fingerprint density at radius 2 is 2.06 bits per heavy atom. The summed E-state index contributed by atoms with van der Waals surface area (Å²) < 4.78 is 5.41. The summed E-state index contributed by atoms with van der Waals surface area (Å²) in [6.45, 7) is 10.1. The van der Waals surface area contributed by atoms with E-state index in [1.54, 1.807) is 0 Å². The van der Waals surface area contributed by atoms with Gasteiger partial charge in [-0.3, -0.25) is 0 Å². The van der Waals surface area contributed by atoms with Crippen LogP contribution in [0.5, 0.6) is 0 Å². The topological polar surface area (TPSA) is 51.4 Å². The van der Waals surface area contributed by atoms with Crippen molar-refractivity contribution in [2.24, 2.45) is 5.73 Å². The number of ether oxygens (including phenoxy) is 1. The Morgan fingerprint density at radius 3 is 2.61 bits per heavy atom. The molecule has 18 heavy (non-hydrogen) atoms.